The first-order valence-electron chi connectivity index (χ1n) is 4.85. The van der Waals surface area contributed by atoms with E-state index in [-0.39, 0.29) is 11.8 Å². The number of Topliss-reactive ketones (excluding diaryl/α,β-unsaturated/α-hetero) is 1. The van der Waals surface area contributed by atoms with Gasteiger partial charge in [0.25, 0.3) is 0 Å². The van der Waals surface area contributed by atoms with E-state index < -0.39 is 0 Å². The van der Waals surface area contributed by atoms with Crippen LogP contribution in [0.1, 0.15) is 33.6 Å². The molecule has 0 aromatic carbocycles. The maximum Gasteiger partial charge on any atom is 0.171 e. The lowest BCUT2D eigenvalue weighted by Crippen LogP contribution is -2.49. The average molecular weight is 212 g/mol. The normalized spacial score (nSPS) is 21.6. The van der Waals surface area contributed by atoms with Crippen LogP contribution in [0.4, 0.5) is 0 Å². The van der Waals surface area contributed by atoms with Crippen LogP contribution in [0.5, 0.6) is 0 Å². The Balaban J connectivity index is 2.96. The second-order valence-electron chi connectivity index (χ2n) is 3.53. The molecule has 3 nitrogen and oxygen atoms in total. The lowest BCUT2D eigenvalue weighted by Gasteiger charge is -2.29. The molecule has 0 unspecified atom stereocenters. The van der Waals surface area contributed by atoms with Crippen molar-refractivity contribution in [2.24, 2.45) is 0 Å². The highest BCUT2D eigenvalue weighted by molar-refractivity contribution is 7.80. The number of thiocarbonyl (C=S) groups is 1. The monoisotopic (exact) mass is 212 g/mol. The Labute approximate surface area is 89.9 Å². The van der Waals surface area contributed by atoms with E-state index >= 15 is 0 Å². The van der Waals surface area contributed by atoms with E-state index in [0.717, 1.165) is 24.1 Å². The molecule has 4 heteroatoms. The van der Waals surface area contributed by atoms with Gasteiger partial charge in [0.2, 0.25) is 0 Å². The minimum atomic E-state index is 0.0891. The number of nitrogens with one attached hydrogen (secondary N) is 2. The fraction of sp³-hybridized carbons (Fsp3) is 0.600. The smallest absolute Gasteiger partial charge is 0.171 e. The minimum Gasteiger partial charge on any atom is -0.355 e. The number of ketones is 1. The Morgan fingerprint density at radius 1 is 1.57 bits per heavy atom. The highest BCUT2D eigenvalue weighted by atomic mass is 32.1. The molecule has 0 saturated carbocycles. The van der Waals surface area contributed by atoms with Crippen molar-refractivity contribution in [2.75, 3.05) is 0 Å². The third-order valence-corrected chi connectivity index (χ3v) is 2.54. The number of hydrogen-bond donors (Lipinski definition) is 2. The summed E-state index contributed by atoms with van der Waals surface area (Å²) in [6.07, 6.45) is 1.97. The average Bonchev–Trinajstić information content (AvgIpc) is 2.01. The first-order valence-corrected chi connectivity index (χ1v) is 5.26. The van der Waals surface area contributed by atoms with Gasteiger partial charge in [-0.15, -0.1) is 0 Å². The van der Waals surface area contributed by atoms with Gasteiger partial charge in [-0.1, -0.05) is 13.3 Å². The molecule has 1 heterocycles. The largest absolute Gasteiger partial charge is 0.355 e. The highest BCUT2D eigenvalue weighted by Crippen LogP contribution is 2.16. The van der Waals surface area contributed by atoms with Gasteiger partial charge in [0.15, 0.2) is 10.9 Å². The van der Waals surface area contributed by atoms with Crippen molar-refractivity contribution in [3.05, 3.63) is 11.3 Å². The molecule has 1 aliphatic heterocycles. The van der Waals surface area contributed by atoms with Crippen LogP contribution >= 0.6 is 12.2 Å². The first-order chi connectivity index (χ1) is 6.56. The summed E-state index contributed by atoms with van der Waals surface area (Å²) < 4.78 is 0. The predicted octanol–water partition coefficient (Wildman–Crippen LogP) is 1.50. The van der Waals surface area contributed by atoms with Gasteiger partial charge in [0.05, 0.1) is 6.04 Å². The van der Waals surface area contributed by atoms with Crippen LogP contribution in [0.3, 0.4) is 0 Å². The first kappa shape index (κ1) is 11.2. The lowest BCUT2D eigenvalue weighted by atomic mass is 9.96. The molecule has 1 rings (SSSR count). The van der Waals surface area contributed by atoms with Crippen LogP contribution in [0.25, 0.3) is 0 Å². The quantitative estimate of drug-likeness (QED) is 0.696. The summed E-state index contributed by atoms with van der Waals surface area (Å²) in [7, 11) is 0. The van der Waals surface area contributed by atoms with Crippen molar-refractivity contribution in [1.82, 2.24) is 10.6 Å². The van der Waals surface area contributed by atoms with E-state index in [2.05, 4.69) is 17.6 Å². The summed E-state index contributed by atoms with van der Waals surface area (Å²) in [5.41, 5.74) is 1.72. The van der Waals surface area contributed by atoms with Crippen LogP contribution in [-0.4, -0.2) is 16.9 Å². The van der Waals surface area contributed by atoms with Crippen molar-refractivity contribution in [3.8, 4) is 0 Å². The van der Waals surface area contributed by atoms with Crippen molar-refractivity contribution >= 4 is 23.1 Å². The van der Waals surface area contributed by atoms with Gasteiger partial charge in [-0.05, 0) is 32.5 Å². The molecule has 0 radical (unpaired) electrons. The summed E-state index contributed by atoms with van der Waals surface area (Å²) in [6.45, 7) is 5.59. The Hall–Kier alpha value is -0.900. The van der Waals surface area contributed by atoms with Gasteiger partial charge in [-0.2, -0.15) is 0 Å². The second-order valence-corrected chi connectivity index (χ2v) is 3.94. The molecule has 0 fully saturated rings. The Morgan fingerprint density at radius 2 is 2.21 bits per heavy atom. The summed E-state index contributed by atoms with van der Waals surface area (Å²) >= 11 is 5.05. The molecule has 1 aliphatic rings. The van der Waals surface area contributed by atoms with Crippen LogP contribution in [0.15, 0.2) is 11.3 Å². The number of hydrogen-bond acceptors (Lipinski definition) is 2. The molecule has 0 aromatic heterocycles. The maximum atomic E-state index is 11.4. The molecule has 2 N–H and O–H groups in total. The summed E-state index contributed by atoms with van der Waals surface area (Å²) in [5, 5.41) is 6.72. The van der Waals surface area contributed by atoms with Crippen molar-refractivity contribution in [3.63, 3.8) is 0 Å². The van der Waals surface area contributed by atoms with E-state index in [4.69, 9.17) is 12.2 Å². The molecular formula is C10H16N2OS. The SMILES string of the molecule is CCC[C@@H]1NC(=S)NC(C)=C1C(C)=O. The van der Waals surface area contributed by atoms with E-state index in [1.807, 2.05) is 6.92 Å². The number of allylic oxidation sites excluding steroid dienone is 1. The van der Waals surface area contributed by atoms with E-state index in [0.29, 0.717) is 5.11 Å². The van der Waals surface area contributed by atoms with Gasteiger partial charge >= 0.3 is 0 Å². The van der Waals surface area contributed by atoms with Gasteiger partial charge in [0.1, 0.15) is 0 Å². The molecule has 0 aromatic rings. The summed E-state index contributed by atoms with van der Waals surface area (Å²) in [4.78, 5) is 11.4. The third-order valence-electron chi connectivity index (χ3n) is 2.32. The van der Waals surface area contributed by atoms with E-state index in [1.165, 1.54) is 0 Å². The van der Waals surface area contributed by atoms with Gasteiger partial charge in [-0.3, -0.25) is 4.79 Å². The molecule has 0 bridgehead atoms. The van der Waals surface area contributed by atoms with Crippen molar-refractivity contribution in [2.45, 2.75) is 39.7 Å². The Bertz CT molecular complexity index is 296. The maximum absolute atomic E-state index is 11.4. The van der Waals surface area contributed by atoms with E-state index in [1.54, 1.807) is 6.92 Å². The van der Waals surface area contributed by atoms with Crippen LogP contribution < -0.4 is 10.6 Å². The minimum absolute atomic E-state index is 0.0891. The molecule has 0 aliphatic carbocycles. The highest BCUT2D eigenvalue weighted by Gasteiger charge is 2.24. The second kappa shape index (κ2) is 4.55. The predicted molar refractivity (Wildman–Crippen MR) is 60.9 cm³/mol. The third kappa shape index (κ3) is 2.32. The molecule has 14 heavy (non-hydrogen) atoms. The molecule has 0 amide bonds. The Kier molecular flexibility index (Phi) is 3.63. The number of carbonyl (C=O) groups excluding carboxylic acids is 1. The molecule has 1 atom stereocenters. The molecular weight excluding hydrogens is 196 g/mol. The summed E-state index contributed by atoms with van der Waals surface area (Å²) in [5.74, 6) is 0.114. The van der Waals surface area contributed by atoms with Crippen LogP contribution in [0.2, 0.25) is 0 Å². The summed E-state index contributed by atoms with van der Waals surface area (Å²) in [6, 6.07) is 0.0891. The molecule has 78 valence electrons. The standard InChI is InChI=1S/C10H16N2OS/c1-4-5-8-9(7(3)13)6(2)11-10(14)12-8/h8H,4-5H2,1-3H3,(H2,11,12,14)/t8-/m0/s1. The number of carbonyl (C=O) groups is 1. The Morgan fingerprint density at radius 3 is 2.71 bits per heavy atom. The molecule has 0 spiro atoms. The zero-order valence-electron chi connectivity index (χ0n) is 8.81. The topological polar surface area (TPSA) is 41.1 Å². The lowest BCUT2D eigenvalue weighted by molar-refractivity contribution is -0.114. The van der Waals surface area contributed by atoms with Gasteiger partial charge < -0.3 is 10.6 Å². The van der Waals surface area contributed by atoms with E-state index in [9.17, 15) is 4.79 Å². The van der Waals surface area contributed by atoms with Crippen molar-refractivity contribution < 1.29 is 4.79 Å². The van der Waals surface area contributed by atoms with Crippen molar-refractivity contribution in [1.29, 1.82) is 0 Å². The zero-order valence-corrected chi connectivity index (χ0v) is 9.62. The van der Waals surface area contributed by atoms with Crippen LogP contribution in [-0.2, 0) is 4.79 Å². The number of rotatable bonds is 3. The van der Waals surface area contributed by atoms with Gasteiger partial charge in [0, 0.05) is 11.3 Å². The fourth-order valence-electron chi connectivity index (χ4n) is 1.78. The molecule has 0 saturated heterocycles. The fourth-order valence-corrected chi connectivity index (χ4v) is 2.08. The zero-order chi connectivity index (χ0) is 10.7. The van der Waals surface area contributed by atoms with Crippen LogP contribution in [0, 0.1) is 0 Å². The van der Waals surface area contributed by atoms with Gasteiger partial charge in [-0.25, -0.2) is 0 Å².